The molecule has 1 aromatic carbocycles. The van der Waals surface area contributed by atoms with Crippen LogP contribution in [0.2, 0.25) is 0 Å². The van der Waals surface area contributed by atoms with E-state index in [-0.39, 0.29) is 18.1 Å². The van der Waals surface area contributed by atoms with Crippen LogP contribution in [0.15, 0.2) is 36.5 Å². The fraction of sp³-hybridized carbons (Fsp3) is 0.200. The van der Waals surface area contributed by atoms with E-state index in [9.17, 15) is 14.7 Å². The summed E-state index contributed by atoms with van der Waals surface area (Å²) in [5.41, 5.74) is 1.85. The Hall–Kier alpha value is -2.56. The molecule has 104 valence electrons. The zero-order valence-corrected chi connectivity index (χ0v) is 11.2. The van der Waals surface area contributed by atoms with Crippen molar-refractivity contribution in [2.24, 2.45) is 0 Å². The molecule has 0 radical (unpaired) electrons. The molecule has 1 amide bonds. The highest BCUT2D eigenvalue weighted by atomic mass is 16.3. The number of aryl methyl sites for hydroxylation is 2. The SMILES string of the molecule is Cc1ccc(NC(=O)CCn2cccc2C=O)c(O)c1. The molecule has 0 saturated heterocycles. The number of phenols is 1. The van der Waals surface area contributed by atoms with E-state index < -0.39 is 0 Å². The van der Waals surface area contributed by atoms with E-state index in [1.54, 1.807) is 35.0 Å². The number of aromatic hydroxyl groups is 1. The molecule has 0 saturated carbocycles. The van der Waals surface area contributed by atoms with Crippen molar-refractivity contribution in [3.8, 4) is 5.75 Å². The minimum Gasteiger partial charge on any atom is -0.506 e. The summed E-state index contributed by atoms with van der Waals surface area (Å²) in [6.07, 6.45) is 2.73. The number of phenolic OH excluding ortho intramolecular Hbond substituents is 1. The lowest BCUT2D eigenvalue weighted by molar-refractivity contribution is -0.116. The Balaban J connectivity index is 1.94. The number of carbonyl (C=O) groups is 2. The molecule has 2 N–H and O–H groups in total. The van der Waals surface area contributed by atoms with Crippen molar-refractivity contribution in [2.75, 3.05) is 5.32 Å². The normalized spacial score (nSPS) is 10.2. The zero-order chi connectivity index (χ0) is 14.5. The lowest BCUT2D eigenvalue weighted by Crippen LogP contribution is -2.15. The number of hydrogen-bond acceptors (Lipinski definition) is 3. The van der Waals surface area contributed by atoms with Crippen molar-refractivity contribution >= 4 is 17.9 Å². The maximum atomic E-state index is 11.8. The van der Waals surface area contributed by atoms with Crippen LogP contribution in [0, 0.1) is 6.92 Å². The van der Waals surface area contributed by atoms with Gasteiger partial charge in [0.05, 0.1) is 11.4 Å². The first-order valence-corrected chi connectivity index (χ1v) is 6.30. The molecule has 0 aliphatic carbocycles. The Morgan fingerprint density at radius 1 is 1.40 bits per heavy atom. The number of nitrogens with one attached hydrogen (secondary N) is 1. The van der Waals surface area contributed by atoms with E-state index in [4.69, 9.17) is 0 Å². The standard InChI is InChI=1S/C15H16N2O3/c1-11-4-5-13(14(19)9-11)16-15(20)6-8-17-7-2-3-12(17)10-18/h2-5,7,9-10,19H,6,8H2,1H3,(H,16,20). The largest absolute Gasteiger partial charge is 0.506 e. The van der Waals surface area contributed by atoms with Gasteiger partial charge in [-0.05, 0) is 36.8 Å². The van der Waals surface area contributed by atoms with Crippen LogP contribution in [0.1, 0.15) is 22.5 Å². The number of benzene rings is 1. The van der Waals surface area contributed by atoms with Crippen molar-refractivity contribution in [3.05, 3.63) is 47.8 Å². The quantitative estimate of drug-likeness (QED) is 0.648. The molecule has 5 heteroatoms. The number of carbonyl (C=O) groups excluding carboxylic acids is 2. The van der Waals surface area contributed by atoms with Gasteiger partial charge in [0.25, 0.3) is 0 Å². The van der Waals surface area contributed by atoms with Crippen LogP contribution in [0.3, 0.4) is 0 Å². The van der Waals surface area contributed by atoms with Crippen LogP contribution >= 0.6 is 0 Å². The highest BCUT2D eigenvalue weighted by Crippen LogP contribution is 2.23. The fourth-order valence-corrected chi connectivity index (χ4v) is 1.92. The maximum absolute atomic E-state index is 11.8. The van der Waals surface area contributed by atoms with Gasteiger partial charge in [-0.1, -0.05) is 6.07 Å². The minimum absolute atomic E-state index is 0.0490. The Morgan fingerprint density at radius 3 is 2.90 bits per heavy atom. The van der Waals surface area contributed by atoms with Gasteiger partial charge in [-0.3, -0.25) is 9.59 Å². The molecule has 2 rings (SSSR count). The second kappa shape index (κ2) is 6.06. The third-order valence-corrected chi connectivity index (χ3v) is 2.99. The zero-order valence-electron chi connectivity index (χ0n) is 11.2. The second-order valence-corrected chi connectivity index (χ2v) is 4.56. The molecule has 2 aromatic rings. The number of anilines is 1. The van der Waals surface area contributed by atoms with Gasteiger partial charge in [0.2, 0.25) is 5.91 Å². The number of aromatic nitrogens is 1. The lowest BCUT2D eigenvalue weighted by Gasteiger charge is -2.09. The predicted molar refractivity (Wildman–Crippen MR) is 75.9 cm³/mol. The molecule has 0 bridgehead atoms. The van der Waals surface area contributed by atoms with E-state index in [0.29, 0.717) is 17.9 Å². The fourth-order valence-electron chi connectivity index (χ4n) is 1.92. The molecule has 20 heavy (non-hydrogen) atoms. The van der Waals surface area contributed by atoms with Gasteiger partial charge in [0, 0.05) is 19.2 Å². The summed E-state index contributed by atoms with van der Waals surface area (Å²) in [5.74, 6) is -0.164. The van der Waals surface area contributed by atoms with Crippen LogP contribution in [-0.2, 0) is 11.3 Å². The van der Waals surface area contributed by atoms with E-state index in [0.717, 1.165) is 11.8 Å². The van der Waals surface area contributed by atoms with Gasteiger partial charge in [-0.15, -0.1) is 0 Å². The van der Waals surface area contributed by atoms with Crippen molar-refractivity contribution in [1.82, 2.24) is 4.57 Å². The molecule has 1 heterocycles. The summed E-state index contributed by atoms with van der Waals surface area (Å²) in [6.45, 7) is 2.28. The number of hydrogen-bond donors (Lipinski definition) is 2. The first-order chi connectivity index (χ1) is 9.60. The van der Waals surface area contributed by atoms with Crippen molar-refractivity contribution in [2.45, 2.75) is 19.9 Å². The van der Waals surface area contributed by atoms with Crippen LogP contribution in [0.25, 0.3) is 0 Å². The minimum atomic E-state index is -0.213. The summed E-state index contributed by atoms with van der Waals surface area (Å²) >= 11 is 0. The molecule has 0 unspecified atom stereocenters. The van der Waals surface area contributed by atoms with Crippen LogP contribution in [0.4, 0.5) is 5.69 Å². The molecule has 0 aliphatic heterocycles. The predicted octanol–water partition coefficient (Wildman–Crippen LogP) is 2.34. The third-order valence-electron chi connectivity index (χ3n) is 2.99. The van der Waals surface area contributed by atoms with Crippen molar-refractivity contribution in [1.29, 1.82) is 0 Å². The van der Waals surface area contributed by atoms with E-state index >= 15 is 0 Å². The summed E-state index contributed by atoms with van der Waals surface area (Å²) in [6, 6.07) is 8.51. The Kier molecular flexibility index (Phi) is 4.20. The van der Waals surface area contributed by atoms with Crippen LogP contribution in [0.5, 0.6) is 5.75 Å². The Morgan fingerprint density at radius 2 is 2.20 bits per heavy atom. The number of nitrogens with zero attached hydrogens (tertiary/aromatic N) is 1. The molecule has 0 atom stereocenters. The first kappa shape index (κ1) is 13.9. The van der Waals surface area contributed by atoms with Gasteiger partial charge in [-0.2, -0.15) is 0 Å². The smallest absolute Gasteiger partial charge is 0.226 e. The summed E-state index contributed by atoms with van der Waals surface area (Å²) in [7, 11) is 0. The molecule has 0 spiro atoms. The molecule has 5 nitrogen and oxygen atoms in total. The highest BCUT2D eigenvalue weighted by molar-refractivity contribution is 5.92. The van der Waals surface area contributed by atoms with Crippen molar-refractivity contribution < 1.29 is 14.7 Å². The molecule has 0 fully saturated rings. The van der Waals surface area contributed by atoms with Crippen LogP contribution < -0.4 is 5.32 Å². The highest BCUT2D eigenvalue weighted by Gasteiger charge is 2.07. The van der Waals surface area contributed by atoms with E-state index in [2.05, 4.69) is 5.32 Å². The Labute approximate surface area is 116 Å². The molecule has 0 aliphatic rings. The summed E-state index contributed by atoms with van der Waals surface area (Å²) < 4.78 is 1.71. The topological polar surface area (TPSA) is 71.3 Å². The second-order valence-electron chi connectivity index (χ2n) is 4.56. The number of rotatable bonds is 5. The van der Waals surface area contributed by atoms with Gasteiger partial charge in [0.1, 0.15) is 5.75 Å². The van der Waals surface area contributed by atoms with Crippen LogP contribution in [-0.4, -0.2) is 21.9 Å². The number of amides is 1. The Bertz CT molecular complexity index is 632. The summed E-state index contributed by atoms with van der Waals surface area (Å²) in [4.78, 5) is 22.6. The van der Waals surface area contributed by atoms with Gasteiger partial charge in [-0.25, -0.2) is 0 Å². The third kappa shape index (κ3) is 3.26. The van der Waals surface area contributed by atoms with E-state index in [1.807, 2.05) is 13.0 Å². The average Bonchev–Trinajstić information content (AvgIpc) is 2.87. The molecular weight excluding hydrogens is 256 g/mol. The van der Waals surface area contributed by atoms with Gasteiger partial charge >= 0.3 is 0 Å². The molecule has 1 aromatic heterocycles. The maximum Gasteiger partial charge on any atom is 0.226 e. The van der Waals surface area contributed by atoms with E-state index in [1.165, 1.54) is 0 Å². The summed E-state index contributed by atoms with van der Waals surface area (Å²) in [5, 5.41) is 12.4. The van der Waals surface area contributed by atoms with Crippen molar-refractivity contribution in [3.63, 3.8) is 0 Å². The monoisotopic (exact) mass is 272 g/mol. The van der Waals surface area contributed by atoms with Gasteiger partial charge < -0.3 is 15.0 Å². The van der Waals surface area contributed by atoms with Gasteiger partial charge in [0.15, 0.2) is 6.29 Å². The number of aldehydes is 1. The lowest BCUT2D eigenvalue weighted by atomic mass is 10.2. The molecular formula is C15H16N2O3. The average molecular weight is 272 g/mol. The first-order valence-electron chi connectivity index (χ1n) is 6.30.